The van der Waals surface area contributed by atoms with E-state index in [-0.39, 0.29) is 10.9 Å². The predicted molar refractivity (Wildman–Crippen MR) is 66.7 cm³/mol. The van der Waals surface area contributed by atoms with Crippen molar-refractivity contribution in [2.24, 2.45) is 5.92 Å². The molecule has 0 spiro atoms. The first-order chi connectivity index (χ1) is 8.42. The second-order valence-corrected chi connectivity index (χ2v) is 6.50. The normalized spacial score (nSPS) is 25.3. The van der Waals surface area contributed by atoms with E-state index < -0.39 is 10.0 Å². The molecule has 1 saturated heterocycles. The summed E-state index contributed by atoms with van der Waals surface area (Å²) in [5, 5.41) is 6.88. The van der Waals surface area contributed by atoms with Gasteiger partial charge in [-0.1, -0.05) is 12.1 Å². The van der Waals surface area contributed by atoms with Crippen LogP contribution < -0.4 is 10.0 Å². The molecule has 2 N–H and O–H groups in total. The summed E-state index contributed by atoms with van der Waals surface area (Å²) in [6.07, 6.45) is 0.967. The largest absolute Gasteiger partial charge is 0.360 e. The average Bonchev–Trinajstić information content (AvgIpc) is 2.62. The smallest absolute Gasteiger partial charge is 0.246 e. The van der Waals surface area contributed by atoms with Gasteiger partial charge in [-0.15, -0.1) is 0 Å². The zero-order chi connectivity index (χ0) is 13.3. The van der Waals surface area contributed by atoms with Crippen molar-refractivity contribution in [1.29, 1.82) is 0 Å². The number of aryl methyl sites for hydroxylation is 2. The Bertz CT molecular complexity index is 504. The highest BCUT2D eigenvalue weighted by Gasteiger charge is 2.30. The predicted octanol–water partition coefficient (Wildman–Crippen LogP) is 0.568. The van der Waals surface area contributed by atoms with Gasteiger partial charge in [0, 0.05) is 12.6 Å². The van der Waals surface area contributed by atoms with Gasteiger partial charge in [0.1, 0.15) is 10.6 Å². The quantitative estimate of drug-likeness (QED) is 0.841. The van der Waals surface area contributed by atoms with Crippen LogP contribution in [0.3, 0.4) is 0 Å². The molecule has 0 aromatic carbocycles. The molecule has 2 heterocycles. The second kappa shape index (κ2) is 4.99. The van der Waals surface area contributed by atoms with Gasteiger partial charge in [-0.3, -0.25) is 0 Å². The van der Waals surface area contributed by atoms with E-state index in [1.165, 1.54) is 0 Å². The molecule has 1 aliphatic rings. The van der Waals surface area contributed by atoms with Crippen molar-refractivity contribution in [3.8, 4) is 0 Å². The van der Waals surface area contributed by atoms with Crippen LogP contribution in [-0.2, 0) is 10.0 Å². The van der Waals surface area contributed by atoms with E-state index in [0.717, 1.165) is 13.0 Å². The number of nitrogens with zero attached hydrogens (tertiary/aromatic N) is 1. The minimum Gasteiger partial charge on any atom is -0.360 e. The molecule has 1 aromatic rings. The van der Waals surface area contributed by atoms with Gasteiger partial charge in [0.25, 0.3) is 0 Å². The lowest BCUT2D eigenvalue weighted by molar-refractivity contribution is 0.327. The Morgan fingerprint density at radius 2 is 2.17 bits per heavy atom. The lowest BCUT2D eigenvalue weighted by Gasteiger charge is -2.29. The molecule has 102 valence electrons. The van der Waals surface area contributed by atoms with Crippen molar-refractivity contribution in [1.82, 2.24) is 15.2 Å². The molecule has 0 saturated carbocycles. The minimum atomic E-state index is -3.56. The number of hydrogen-bond acceptors (Lipinski definition) is 5. The van der Waals surface area contributed by atoms with Crippen molar-refractivity contribution in [3.05, 3.63) is 11.5 Å². The van der Waals surface area contributed by atoms with Crippen molar-refractivity contribution in [3.63, 3.8) is 0 Å². The zero-order valence-electron chi connectivity index (χ0n) is 10.9. The fourth-order valence-electron chi connectivity index (χ4n) is 2.26. The van der Waals surface area contributed by atoms with Crippen LogP contribution in [0, 0.1) is 19.8 Å². The van der Waals surface area contributed by atoms with E-state index in [1.54, 1.807) is 13.8 Å². The van der Waals surface area contributed by atoms with Gasteiger partial charge in [-0.25, -0.2) is 13.1 Å². The van der Waals surface area contributed by atoms with Gasteiger partial charge in [0.05, 0.1) is 0 Å². The minimum absolute atomic E-state index is 0.0857. The number of aromatic nitrogens is 1. The van der Waals surface area contributed by atoms with Crippen LogP contribution >= 0.6 is 0 Å². The summed E-state index contributed by atoms with van der Waals surface area (Å²) in [6, 6.07) is -0.0857. The molecule has 0 radical (unpaired) electrons. The Morgan fingerprint density at radius 3 is 2.72 bits per heavy atom. The summed E-state index contributed by atoms with van der Waals surface area (Å²) in [4.78, 5) is 0.167. The third-order valence-corrected chi connectivity index (χ3v) is 5.10. The van der Waals surface area contributed by atoms with E-state index in [1.807, 2.05) is 0 Å². The Kier molecular flexibility index (Phi) is 3.74. The molecule has 1 fully saturated rings. The maximum Gasteiger partial charge on any atom is 0.246 e. The summed E-state index contributed by atoms with van der Waals surface area (Å²) < 4.78 is 32.3. The highest BCUT2D eigenvalue weighted by Crippen LogP contribution is 2.21. The summed E-state index contributed by atoms with van der Waals surface area (Å²) >= 11 is 0. The zero-order valence-corrected chi connectivity index (χ0v) is 11.7. The molecule has 1 aromatic heterocycles. The third-order valence-electron chi connectivity index (χ3n) is 3.37. The van der Waals surface area contributed by atoms with Crippen LogP contribution in [0.4, 0.5) is 0 Å². The van der Waals surface area contributed by atoms with Gasteiger partial charge >= 0.3 is 0 Å². The Morgan fingerprint density at radius 1 is 1.44 bits per heavy atom. The molecule has 18 heavy (non-hydrogen) atoms. The van der Waals surface area contributed by atoms with Gasteiger partial charge in [0.2, 0.25) is 10.0 Å². The monoisotopic (exact) mass is 273 g/mol. The van der Waals surface area contributed by atoms with Crippen molar-refractivity contribution in [2.75, 3.05) is 13.1 Å². The Balaban J connectivity index is 2.22. The molecule has 2 atom stereocenters. The molecule has 1 aliphatic heterocycles. The standard InChI is InChI=1S/C11H19N3O3S/c1-7-4-5-12-6-10(7)14-18(15,16)11-8(2)13-17-9(11)3/h7,10,12,14H,4-6H2,1-3H3. The van der Waals surface area contributed by atoms with Crippen molar-refractivity contribution in [2.45, 2.75) is 38.1 Å². The first-order valence-corrected chi connectivity index (χ1v) is 7.56. The first kappa shape index (κ1) is 13.5. The van der Waals surface area contributed by atoms with E-state index in [0.29, 0.717) is 23.9 Å². The van der Waals surface area contributed by atoms with Crippen LogP contribution in [0.2, 0.25) is 0 Å². The molecule has 0 bridgehead atoms. The van der Waals surface area contributed by atoms with Crippen LogP contribution in [0.25, 0.3) is 0 Å². The summed E-state index contributed by atoms with van der Waals surface area (Å²) in [6.45, 7) is 6.89. The summed E-state index contributed by atoms with van der Waals surface area (Å²) in [7, 11) is -3.56. The molecule has 7 heteroatoms. The van der Waals surface area contributed by atoms with Crippen molar-refractivity contribution < 1.29 is 12.9 Å². The Hall–Kier alpha value is -0.920. The van der Waals surface area contributed by atoms with E-state index in [9.17, 15) is 8.42 Å². The summed E-state index contributed by atoms with van der Waals surface area (Å²) in [5.74, 6) is 0.651. The van der Waals surface area contributed by atoms with Gasteiger partial charge in [-0.2, -0.15) is 0 Å². The van der Waals surface area contributed by atoms with Crippen LogP contribution in [0.1, 0.15) is 24.8 Å². The van der Waals surface area contributed by atoms with E-state index >= 15 is 0 Å². The highest BCUT2D eigenvalue weighted by atomic mass is 32.2. The second-order valence-electron chi connectivity index (χ2n) is 4.85. The lowest BCUT2D eigenvalue weighted by atomic mass is 9.96. The molecule has 6 nitrogen and oxygen atoms in total. The summed E-state index contributed by atoms with van der Waals surface area (Å²) in [5.41, 5.74) is 0.399. The Labute approximate surface area is 107 Å². The molecule has 2 rings (SSSR count). The van der Waals surface area contributed by atoms with Crippen molar-refractivity contribution >= 4 is 10.0 Å². The van der Waals surface area contributed by atoms with Gasteiger partial charge in [-0.05, 0) is 32.7 Å². The van der Waals surface area contributed by atoms with Crippen LogP contribution in [0.15, 0.2) is 9.42 Å². The van der Waals surface area contributed by atoms with Crippen LogP contribution in [0.5, 0.6) is 0 Å². The number of piperidine rings is 1. The van der Waals surface area contributed by atoms with E-state index in [4.69, 9.17) is 4.52 Å². The highest BCUT2D eigenvalue weighted by molar-refractivity contribution is 7.89. The fraction of sp³-hybridized carbons (Fsp3) is 0.727. The fourth-order valence-corrected chi connectivity index (χ4v) is 3.94. The number of nitrogens with one attached hydrogen (secondary N) is 2. The maximum atomic E-state index is 12.3. The number of rotatable bonds is 3. The lowest BCUT2D eigenvalue weighted by Crippen LogP contribution is -2.50. The van der Waals surface area contributed by atoms with Gasteiger partial charge in [0.15, 0.2) is 5.76 Å². The van der Waals surface area contributed by atoms with E-state index in [2.05, 4.69) is 22.1 Å². The maximum absolute atomic E-state index is 12.3. The van der Waals surface area contributed by atoms with Crippen LogP contribution in [-0.4, -0.2) is 32.7 Å². The molecule has 0 aliphatic carbocycles. The number of hydrogen-bond donors (Lipinski definition) is 2. The topological polar surface area (TPSA) is 84.2 Å². The molecular weight excluding hydrogens is 254 g/mol. The third kappa shape index (κ3) is 2.57. The number of sulfonamides is 1. The molecular formula is C11H19N3O3S. The molecule has 2 unspecified atom stereocenters. The van der Waals surface area contributed by atoms with Gasteiger partial charge < -0.3 is 9.84 Å². The first-order valence-electron chi connectivity index (χ1n) is 6.07. The molecule has 0 amide bonds. The SMILES string of the molecule is Cc1noc(C)c1S(=O)(=O)NC1CNCCC1C. The average molecular weight is 273 g/mol.